The van der Waals surface area contributed by atoms with Gasteiger partial charge in [0.1, 0.15) is 0 Å². The van der Waals surface area contributed by atoms with Gasteiger partial charge in [0.05, 0.1) is 0 Å². The Morgan fingerprint density at radius 1 is 0.300 bits per heavy atom. The van der Waals surface area contributed by atoms with Gasteiger partial charge in [-0.25, -0.2) is 0 Å². The standard InChI is InChI=1S/C38H22Br2/c39-33-15-19-13-27-28(14-20(19)16-34(33)40)38-26-12-6-5-11-25(26)37(27)31-17-29-30(18-32(31)38)36-22-8-2-1-7-21(22)35(29)23-9-3-4-10-24(23)36/h1-18,35-38H/t35?,36?,37-,38+. The number of halogens is 2. The third kappa shape index (κ3) is 2.63. The number of hydrogen-bond donors (Lipinski definition) is 0. The molecule has 2 atom stereocenters. The quantitative estimate of drug-likeness (QED) is 0.155. The highest BCUT2D eigenvalue weighted by Gasteiger charge is 2.46. The van der Waals surface area contributed by atoms with E-state index >= 15 is 0 Å². The molecule has 0 N–H and O–H groups in total. The van der Waals surface area contributed by atoms with Crippen molar-refractivity contribution in [3.8, 4) is 0 Å². The van der Waals surface area contributed by atoms with Gasteiger partial charge in [0, 0.05) is 32.6 Å². The van der Waals surface area contributed by atoms with Crippen LogP contribution in [0.25, 0.3) is 10.8 Å². The van der Waals surface area contributed by atoms with Gasteiger partial charge in [-0.05, 0) is 134 Å². The van der Waals surface area contributed by atoms with Crippen LogP contribution >= 0.6 is 31.9 Å². The third-order valence-electron chi connectivity index (χ3n) is 10.1. The lowest BCUT2D eigenvalue weighted by Crippen LogP contribution is -2.31. The lowest BCUT2D eigenvalue weighted by atomic mass is 9.56. The first-order valence-electron chi connectivity index (χ1n) is 14.0. The first-order chi connectivity index (χ1) is 19.7. The Bertz CT molecular complexity index is 1920. The van der Waals surface area contributed by atoms with Gasteiger partial charge in [0.25, 0.3) is 0 Å². The Morgan fingerprint density at radius 3 is 0.850 bits per heavy atom. The van der Waals surface area contributed by atoms with E-state index in [1.165, 1.54) is 77.5 Å². The molecule has 6 aromatic carbocycles. The summed E-state index contributed by atoms with van der Waals surface area (Å²) < 4.78 is 2.20. The molecule has 6 aromatic rings. The topological polar surface area (TPSA) is 0 Å². The minimum absolute atomic E-state index is 0.259. The van der Waals surface area contributed by atoms with Crippen LogP contribution in [-0.4, -0.2) is 0 Å². The van der Waals surface area contributed by atoms with Gasteiger partial charge in [-0.15, -0.1) is 0 Å². The van der Waals surface area contributed by atoms with E-state index in [2.05, 4.69) is 141 Å². The molecule has 6 aliphatic rings. The van der Waals surface area contributed by atoms with E-state index in [0.717, 1.165) is 8.95 Å². The monoisotopic (exact) mass is 636 g/mol. The van der Waals surface area contributed by atoms with Crippen LogP contribution in [0.15, 0.2) is 118 Å². The molecule has 0 spiro atoms. The van der Waals surface area contributed by atoms with Crippen LogP contribution in [-0.2, 0) is 0 Å². The zero-order valence-corrected chi connectivity index (χ0v) is 24.6. The average molecular weight is 638 g/mol. The van der Waals surface area contributed by atoms with Crippen molar-refractivity contribution < 1.29 is 0 Å². The van der Waals surface area contributed by atoms with Crippen molar-refractivity contribution in [2.45, 2.75) is 23.7 Å². The molecule has 0 saturated carbocycles. The zero-order valence-electron chi connectivity index (χ0n) is 21.5. The summed E-state index contributed by atoms with van der Waals surface area (Å²) in [7, 11) is 0. The summed E-state index contributed by atoms with van der Waals surface area (Å²) in [4.78, 5) is 0. The number of rotatable bonds is 0. The van der Waals surface area contributed by atoms with Crippen LogP contribution in [0.5, 0.6) is 0 Å². The highest BCUT2D eigenvalue weighted by Crippen LogP contribution is 2.61. The molecule has 0 aromatic heterocycles. The third-order valence-corrected chi connectivity index (χ3v) is 11.9. The van der Waals surface area contributed by atoms with Gasteiger partial charge in [0.2, 0.25) is 0 Å². The van der Waals surface area contributed by atoms with Crippen LogP contribution in [0, 0.1) is 0 Å². The average Bonchev–Trinajstić information content (AvgIpc) is 2.99. The number of hydrogen-bond acceptors (Lipinski definition) is 0. The molecule has 0 fully saturated rings. The Morgan fingerprint density at radius 2 is 0.550 bits per heavy atom. The van der Waals surface area contributed by atoms with Gasteiger partial charge in [-0.2, -0.15) is 0 Å². The van der Waals surface area contributed by atoms with E-state index in [1.807, 2.05) is 0 Å². The number of fused-ring (bicyclic) bond motifs is 1. The van der Waals surface area contributed by atoms with Gasteiger partial charge in [-0.1, -0.05) is 84.9 Å². The van der Waals surface area contributed by atoms with Crippen molar-refractivity contribution in [1.29, 1.82) is 0 Å². The van der Waals surface area contributed by atoms with E-state index in [4.69, 9.17) is 0 Å². The molecule has 0 amide bonds. The fourth-order valence-electron chi connectivity index (χ4n) is 8.62. The lowest BCUT2D eigenvalue weighted by Gasteiger charge is -2.46. The summed E-state index contributed by atoms with van der Waals surface area (Å²) >= 11 is 7.49. The summed E-state index contributed by atoms with van der Waals surface area (Å²) in [5.74, 6) is 1.12. The van der Waals surface area contributed by atoms with Gasteiger partial charge >= 0.3 is 0 Å². The Labute approximate surface area is 250 Å². The predicted octanol–water partition coefficient (Wildman–Crippen LogP) is 10.3. The Balaban J connectivity index is 1.28. The molecular formula is C38H22Br2. The second-order valence-corrected chi connectivity index (χ2v) is 13.5. The fourth-order valence-corrected chi connectivity index (χ4v) is 9.34. The smallest absolute Gasteiger partial charge is 0.0349 e. The first kappa shape index (κ1) is 22.3. The van der Waals surface area contributed by atoms with Crippen LogP contribution in [0.3, 0.4) is 0 Å². The molecule has 0 saturated heterocycles. The second-order valence-electron chi connectivity index (χ2n) is 11.8. The molecule has 4 bridgehead atoms. The molecule has 0 heterocycles. The highest BCUT2D eigenvalue weighted by atomic mass is 79.9. The predicted molar refractivity (Wildman–Crippen MR) is 169 cm³/mol. The van der Waals surface area contributed by atoms with Crippen molar-refractivity contribution >= 4 is 42.6 Å². The fraction of sp³-hybridized carbons (Fsp3) is 0.105. The lowest BCUT2D eigenvalue weighted by molar-refractivity contribution is 0.717. The van der Waals surface area contributed by atoms with Crippen molar-refractivity contribution in [1.82, 2.24) is 0 Å². The molecular weight excluding hydrogens is 616 g/mol. The molecule has 40 heavy (non-hydrogen) atoms. The second kappa shape index (κ2) is 7.63. The molecule has 0 nitrogen and oxygen atoms in total. The van der Waals surface area contributed by atoms with E-state index < -0.39 is 0 Å². The van der Waals surface area contributed by atoms with Gasteiger partial charge in [-0.3, -0.25) is 0 Å². The van der Waals surface area contributed by atoms with Crippen LogP contribution in [0.2, 0.25) is 0 Å². The normalized spacial score (nSPS) is 21.8. The highest BCUT2D eigenvalue weighted by molar-refractivity contribution is 9.13. The summed E-state index contributed by atoms with van der Waals surface area (Å²) in [6.45, 7) is 0. The van der Waals surface area contributed by atoms with Crippen LogP contribution in [0.4, 0.5) is 0 Å². The molecule has 2 heteroatoms. The van der Waals surface area contributed by atoms with E-state index in [1.54, 1.807) is 0 Å². The zero-order chi connectivity index (χ0) is 26.3. The summed E-state index contributed by atoms with van der Waals surface area (Å²) in [6, 6.07) is 42.2. The first-order valence-corrected chi connectivity index (χ1v) is 15.6. The summed E-state index contributed by atoms with van der Waals surface area (Å²) in [5.41, 5.74) is 17.9. The van der Waals surface area contributed by atoms with Crippen molar-refractivity contribution in [2.24, 2.45) is 0 Å². The minimum atomic E-state index is 0.259. The van der Waals surface area contributed by atoms with E-state index in [9.17, 15) is 0 Å². The van der Waals surface area contributed by atoms with Crippen LogP contribution in [0.1, 0.15) is 90.4 Å². The largest absolute Gasteiger partial charge is 0.0619 e. The van der Waals surface area contributed by atoms with Crippen molar-refractivity contribution in [2.75, 3.05) is 0 Å². The molecule has 6 aliphatic carbocycles. The van der Waals surface area contributed by atoms with Gasteiger partial charge in [0.15, 0.2) is 0 Å². The number of benzene rings is 6. The minimum Gasteiger partial charge on any atom is -0.0619 e. The Kier molecular flexibility index (Phi) is 4.25. The molecule has 188 valence electrons. The summed E-state index contributed by atoms with van der Waals surface area (Å²) in [5, 5.41) is 2.58. The van der Waals surface area contributed by atoms with Crippen LogP contribution < -0.4 is 0 Å². The maximum atomic E-state index is 3.74. The van der Waals surface area contributed by atoms with Crippen molar-refractivity contribution in [3.63, 3.8) is 0 Å². The van der Waals surface area contributed by atoms with E-state index in [-0.39, 0.29) is 11.8 Å². The van der Waals surface area contributed by atoms with Gasteiger partial charge < -0.3 is 0 Å². The van der Waals surface area contributed by atoms with Crippen molar-refractivity contribution in [3.05, 3.63) is 185 Å². The molecule has 0 aliphatic heterocycles. The molecule has 12 rings (SSSR count). The summed E-state index contributed by atoms with van der Waals surface area (Å²) in [6.07, 6.45) is 0. The SMILES string of the molecule is Brc1cc2cc3c(cc2cc1Br)[C@H]1c2ccccc2[C@@H]3c2cc3c(cc21)C1c2ccccc2C3c2ccccc21. The van der Waals surface area contributed by atoms with E-state index in [0.29, 0.717) is 11.8 Å². The molecule has 0 unspecified atom stereocenters. The molecule has 0 radical (unpaired) electrons. The maximum Gasteiger partial charge on any atom is 0.0349 e. The maximum absolute atomic E-state index is 3.74. The Hall–Kier alpha value is -3.46.